The second kappa shape index (κ2) is 4.22. The van der Waals surface area contributed by atoms with Gasteiger partial charge in [0.05, 0.1) is 16.7 Å². The zero-order valence-electron chi connectivity index (χ0n) is 7.28. The molecule has 82 valence electrons. The van der Waals surface area contributed by atoms with Crippen LogP contribution in [0.15, 0.2) is 6.07 Å². The molecule has 0 bridgehead atoms. The number of nitrogens with zero attached hydrogens (tertiary/aromatic N) is 2. The van der Waals surface area contributed by atoms with Crippen LogP contribution >= 0.6 is 0 Å². The van der Waals surface area contributed by atoms with Crippen molar-refractivity contribution in [2.24, 2.45) is 5.73 Å². The summed E-state index contributed by atoms with van der Waals surface area (Å²) in [6.07, 6.45) is -3.11. The van der Waals surface area contributed by atoms with Crippen molar-refractivity contribution < 1.29 is 18.1 Å². The Morgan fingerprint density at radius 1 is 1.60 bits per heavy atom. The van der Waals surface area contributed by atoms with Crippen LogP contribution in [0.5, 0.6) is 0 Å². The molecule has 1 heterocycles. The van der Waals surface area contributed by atoms with Crippen molar-refractivity contribution in [3.05, 3.63) is 33.4 Å². The molecular formula is C7H6F3N3O2. The fourth-order valence-corrected chi connectivity index (χ4v) is 1.10. The van der Waals surface area contributed by atoms with Crippen molar-refractivity contribution in [3.63, 3.8) is 0 Å². The first-order chi connectivity index (χ1) is 6.97. The van der Waals surface area contributed by atoms with Gasteiger partial charge in [0.15, 0.2) is 0 Å². The first-order valence-electron chi connectivity index (χ1n) is 3.79. The van der Waals surface area contributed by atoms with Crippen molar-refractivity contribution in [2.75, 3.05) is 0 Å². The molecule has 2 N–H and O–H groups in total. The van der Waals surface area contributed by atoms with E-state index < -0.39 is 40.8 Å². The van der Waals surface area contributed by atoms with Crippen LogP contribution < -0.4 is 5.73 Å². The predicted molar refractivity (Wildman–Crippen MR) is 43.7 cm³/mol. The van der Waals surface area contributed by atoms with Gasteiger partial charge in [0, 0.05) is 6.54 Å². The quantitative estimate of drug-likeness (QED) is 0.476. The Kier molecular flexibility index (Phi) is 3.20. The summed E-state index contributed by atoms with van der Waals surface area (Å²) in [5, 5.41) is 10.4. The van der Waals surface area contributed by atoms with Crippen LogP contribution in [0.3, 0.4) is 0 Å². The van der Waals surface area contributed by atoms with Crippen molar-refractivity contribution in [1.82, 2.24) is 4.98 Å². The third kappa shape index (κ3) is 2.21. The summed E-state index contributed by atoms with van der Waals surface area (Å²) in [5.74, 6) is -1.20. The second-order valence-electron chi connectivity index (χ2n) is 2.59. The zero-order valence-corrected chi connectivity index (χ0v) is 7.28. The Morgan fingerprint density at radius 2 is 2.20 bits per heavy atom. The molecule has 0 aromatic carbocycles. The van der Waals surface area contributed by atoms with Crippen molar-refractivity contribution in [1.29, 1.82) is 0 Å². The molecule has 0 spiro atoms. The molecule has 0 saturated heterocycles. The number of rotatable bonds is 3. The van der Waals surface area contributed by atoms with E-state index in [1.165, 1.54) is 0 Å². The minimum Gasteiger partial charge on any atom is -0.325 e. The average molecular weight is 221 g/mol. The molecule has 8 heteroatoms. The first-order valence-corrected chi connectivity index (χ1v) is 3.79. The third-order valence-electron chi connectivity index (χ3n) is 1.69. The lowest BCUT2D eigenvalue weighted by atomic mass is 10.1. The van der Waals surface area contributed by atoms with Gasteiger partial charge in [-0.15, -0.1) is 0 Å². The standard InChI is InChI=1S/C7H6F3N3O2/c8-5-1-4(13(14)15)6(7(9)10)3(2-11)12-5/h1,7H,2,11H2. The first kappa shape index (κ1) is 11.4. The van der Waals surface area contributed by atoms with Crippen LogP contribution in [0.1, 0.15) is 17.7 Å². The third-order valence-corrected chi connectivity index (χ3v) is 1.69. The summed E-state index contributed by atoms with van der Waals surface area (Å²) >= 11 is 0. The van der Waals surface area contributed by atoms with Gasteiger partial charge in [-0.25, -0.2) is 13.8 Å². The largest absolute Gasteiger partial charge is 0.325 e. The summed E-state index contributed by atoms with van der Waals surface area (Å²) < 4.78 is 37.6. The summed E-state index contributed by atoms with van der Waals surface area (Å²) in [4.78, 5) is 12.4. The number of aromatic nitrogens is 1. The highest BCUT2D eigenvalue weighted by Gasteiger charge is 2.27. The summed E-state index contributed by atoms with van der Waals surface area (Å²) in [6, 6.07) is 0.348. The lowest BCUT2D eigenvalue weighted by Crippen LogP contribution is -2.09. The molecule has 1 rings (SSSR count). The molecule has 0 aliphatic rings. The highest BCUT2D eigenvalue weighted by molar-refractivity contribution is 5.43. The molecule has 1 aromatic heterocycles. The lowest BCUT2D eigenvalue weighted by molar-refractivity contribution is -0.386. The SMILES string of the molecule is NCc1nc(F)cc([N+](=O)[O-])c1C(F)F. The van der Waals surface area contributed by atoms with Crippen LogP contribution in [0.2, 0.25) is 0 Å². The second-order valence-corrected chi connectivity index (χ2v) is 2.59. The minimum atomic E-state index is -3.11. The van der Waals surface area contributed by atoms with E-state index in [1.54, 1.807) is 0 Å². The minimum absolute atomic E-state index is 0.348. The fourth-order valence-electron chi connectivity index (χ4n) is 1.10. The average Bonchev–Trinajstić information content (AvgIpc) is 2.15. The van der Waals surface area contributed by atoms with E-state index in [0.717, 1.165) is 0 Å². The smallest absolute Gasteiger partial charge is 0.284 e. The Labute approximate surface area is 81.9 Å². The molecule has 0 radical (unpaired) electrons. The van der Waals surface area contributed by atoms with Crippen molar-refractivity contribution in [3.8, 4) is 0 Å². The van der Waals surface area contributed by atoms with E-state index in [9.17, 15) is 23.3 Å². The molecule has 0 aliphatic carbocycles. The van der Waals surface area contributed by atoms with Gasteiger partial charge < -0.3 is 5.73 Å². The van der Waals surface area contributed by atoms with E-state index in [1.807, 2.05) is 0 Å². The van der Waals surface area contributed by atoms with Crippen LogP contribution in [0.4, 0.5) is 18.9 Å². The number of nitrogens with two attached hydrogens (primary N) is 1. The maximum Gasteiger partial charge on any atom is 0.284 e. The van der Waals surface area contributed by atoms with Gasteiger partial charge >= 0.3 is 0 Å². The maximum absolute atomic E-state index is 12.7. The molecule has 0 aliphatic heterocycles. The molecule has 0 amide bonds. The number of pyridine rings is 1. The van der Waals surface area contributed by atoms with Gasteiger partial charge in [0.2, 0.25) is 5.95 Å². The molecule has 0 atom stereocenters. The topological polar surface area (TPSA) is 82.0 Å². The Balaban J connectivity index is 3.47. The van der Waals surface area contributed by atoms with Gasteiger partial charge in [-0.1, -0.05) is 0 Å². The summed E-state index contributed by atoms with van der Waals surface area (Å²) in [7, 11) is 0. The molecule has 0 saturated carbocycles. The Bertz CT molecular complexity index is 397. The normalized spacial score (nSPS) is 10.7. The van der Waals surface area contributed by atoms with Gasteiger partial charge in [-0.3, -0.25) is 10.1 Å². The van der Waals surface area contributed by atoms with Crippen LogP contribution in [0.25, 0.3) is 0 Å². The molecule has 5 nitrogen and oxygen atoms in total. The Morgan fingerprint density at radius 3 is 2.60 bits per heavy atom. The van der Waals surface area contributed by atoms with E-state index in [2.05, 4.69) is 4.98 Å². The van der Waals surface area contributed by atoms with Crippen molar-refractivity contribution >= 4 is 5.69 Å². The summed E-state index contributed by atoms with van der Waals surface area (Å²) in [6.45, 7) is -0.488. The number of alkyl halides is 2. The fraction of sp³-hybridized carbons (Fsp3) is 0.286. The molecular weight excluding hydrogens is 215 g/mol. The molecule has 0 fully saturated rings. The van der Waals surface area contributed by atoms with Crippen LogP contribution in [0, 0.1) is 16.1 Å². The number of nitro groups is 1. The summed E-state index contributed by atoms with van der Waals surface area (Å²) in [5.41, 5.74) is 2.61. The number of halogens is 3. The van der Waals surface area contributed by atoms with Gasteiger partial charge in [0.1, 0.15) is 5.56 Å². The van der Waals surface area contributed by atoms with Crippen LogP contribution in [-0.2, 0) is 6.54 Å². The van der Waals surface area contributed by atoms with Gasteiger partial charge in [-0.05, 0) is 0 Å². The highest BCUT2D eigenvalue weighted by Crippen LogP contribution is 2.31. The molecule has 0 unspecified atom stereocenters. The zero-order chi connectivity index (χ0) is 11.6. The predicted octanol–water partition coefficient (Wildman–Crippen LogP) is 1.53. The van der Waals surface area contributed by atoms with Gasteiger partial charge in [-0.2, -0.15) is 4.39 Å². The van der Waals surface area contributed by atoms with Crippen LogP contribution in [-0.4, -0.2) is 9.91 Å². The number of hydrogen-bond donors (Lipinski definition) is 1. The highest BCUT2D eigenvalue weighted by atomic mass is 19.3. The number of hydrogen-bond acceptors (Lipinski definition) is 4. The molecule has 1 aromatic rings. The monoisotopic (exact) mass is 221 g/mol. The maximum atomic E-state index is 12.7. The Hall–Kier alpha value is -1.70. The van der Waals surface area contributed by atoms with E-state index in [-0.39, 0.29) is 0 Å². The van der Waals surface area contributed by atoms with E-state index >= 15 is 0 Å². The van der Waals surface area contributed by atoms with Gasteiger partial charge in [0.25, 0.3) is 12.1 Å². The van der Waals surface area contributed by atoms with Crippen molar-refractivity contribution in [2.45, 2.75) is 13.0 Å². The molecule has 15 heavy (non-hydrogen) atoms. The van der Waals surface area contributed by atoms with E-state index in [0.29, 0.717) is 6.07 Å². The lowest BCUT2D eigenvalue weighted by Gasteiger charge is -2.06. The van der Waals surface area contributed by atoms with E-state index in [4.69, 9.17) is 5.73 Å².